The predicted molar refractivity (Wildman–Crippen MR) is 88.5 cm³/mol. The van der Waals surface area contributed by atoms with Crippen molar-refractivity contribution in [3.8, 4) is 5.75 Å². The summed E-state index contributed by atoms with van der Waals surface area (Å²) in [6.07, 6.45) is 6.05. The number of morpholine rings is 1. The molecule has 1 fully saturated rings. The molecule has 1 aromatic carbocycles. The minimum absolute atomic E-state index is 0.198. The molecule has 0 spiro atoms. The molecule has 1 aliphatic heterocycles. The topological polar surface area (TPSA) is 21.7 Å². The molecule has 0 unspecified atom stereocenters. The third kappa shape index (κ3) is 4.12. The van der Waals surface area contributed by atoms with E-state index >= 15 is 0 Å². The standard InChI is InChI=1S/C17H18BrF2NO2/c18-14-4-5-16(23-17(19)20)13(11-14)10-12-2-1-3-15(12)21-6-8-22-9-7-21/h3-5,10-11,17H,1-2,6-9H2/b12-10-. The highest BCUT2D eigenvalue weighted by Gasteiger charge is 2.21. The highest BCUT2D eigenvalue weighted by atomic mass is 79.9. The van der Waals surface area contributed by atoms with E-state index in [0.29, 0.717) is 5.56 Å². The SMILES string of the molecule is FC(F)Oc1ccc(Br)cc1/C=C1/CCC=C1N1CCOCC1. The van der Waals surface area contributed by atoms with Gasteiger partial charge in [0.15, 0.2) is 0 Å². The summed E-state index contributed by atoms with van der Waals surface area (Å²) in [5.74, 6) is 0.198. The summed E-state index contributed by atoms with van der Waals surface area (Å²) in [6, 6.07) is 5.07. The minimum Gasteiger partial charge on any atom is -0.434 e. The van der Waals surface area contributed by atoms with Gasteiger partial charge in [0.1, 0.15) is 5.75 Å². The van der Waals surface area contributed by atoms with Crippen molar-refractivity contribution in [2.24, 2.45) is 0 Å². The lowest BCUT2D eigenvalue weighted by Crippen LogP contribution is -2.35. The summed E-state index contributed by atoms with van der Waals surface area (Å²) in [5.41, 5.74) is 3.01. The first-order chi connectivity index (χ1) is 11.1. The van der Waals surface area contributed by atoms with Crippen molar-refractivity contribution in [1.29, 1.82) is 0 Å². The molecule has 124 valence electrons. The van der Waals surface area contributed by atoms with Crippen molar-refractivity contribution >= 4 is 22.0 Å². The van der Waals surface area contributed by atoms with Gasteiger partial charge in [0, 0.05) is 28.8 Å². The molecular weight excluding hydrogens is 368 g/mol. The van der Waals surface area contributed by atoms with Crippen LogP contribution in [0.3, 0.4) is 0 Å². The zero-order valence-corrected chi connectivity index (χ0v) is 14.2. The maximum Gasteiger partial charge on any atom is 0.387 e. The van der Waals surface area contributed by atoms with Gasteiger partial charge in [0.2, 0.25) is 0 Å². The number of benzene rings is 1. The van der Waals surface area contributed by atoms with Crippen molar-refractivity contribution < 1.29 is 18.3 Å². The highest BCUT2D eigenvalue weighted by molar-refractivity contribution is 9.10. The van der Waals surface area contributed by atoms with Gasteiger partial charge < -0.3 is 14.4 Å². The van der Waals surface area contributed by atoms with E-state index in [1.165, 1.54) is 5.70 Å². The van der Waals surface area contributed by atoms with Crippen LogP contribution in [-0.2, 0) is 4.74 Å². The summed E-state index contributed by atoms with van der Waals surface area (Å²) in [6.45, 7) is 0.346. The van der Waals surface area contributed by atoms with Gasteiger partial charge in [-0.2, -0.15) is 8.78 Å². The predicted octanol–water partition coefficient (Wildman–Crippen LogP) is 4.44. The van der Waals surface area contributed by atoms with Crippen LogP contribution in [0.5, 0.6) is 5.75 Å². The molecule has 0 N–H and O–H groups in total. The molecule has 2 aliphatic rings. The van der Waals surface area contributed by atoms with Gasteiger partial charge in [-0.05, 0) is 42.7 Å². The van der Waals surface area contributed by atoms with E-state index < -0.39 is 6.61 Å². The Hall–Kier alpha value is -1.40. The Balaban J connectivity index is 1.88. The molecule has 0 bridgehead atoms. The van der Waals surface area contributed by atoms with E-state index in [1.54, 1.807) is 18.2 Å². The van der Waals surface area contributed by atoms with Crippen molar-refractivity contribution in [1.82, 2.24) is 4.90 Å². The third-order valence-electron chi connectivity index (χ3n) is 3.95. The maximum atomic E-state index is 12.6. The first-order valence-electron chi connectivity index (χ1n) is 7.61. The zero-order chi connectivity index (χ0) is 16.2. The maximum absolute atomic E-state index is 12.6. The molecular formula is C17H18BrF2NO2. The average molecular weight is 386 g/mol. The zero-order valence-electron chi connectivity index (χ0n) is 12.6. The second-order valence-corrected chi connectivity index (χ2v) is 6.37. The van der Waals surface area contributed by atoms with Gasteiger partial charge in [0.05, 0.1) is 13.2 Å². The summed E-state index contributed by atoms with van der Waals surface area (Å²) in [5, 5.41) is 0. The smallest absolute Gasteiger partial charge is 0.387 e. The Bertz CT molecular complexity index is 625. The number of halogens is 3. The molecule has 0 saturated carbocycles. The Kier molecular flexibility index (Phi) is 5.33. The molecule has 3 rings (SSSR count). The monoisotopic (exact) mass is 385 g/mol. The molecule has 1 aromatic rings. The van der Waals surface area contributed by atoms with E-state index in [2.05, 4.69) is 31.6 Å². The molecule has 0 aromatic heterocycles. The van der Waals surface area contributed by atoms with Crippen LogP contribution < -0.4 is 4.74 Å². The molecule has 6 heteroatoms. The Morgan fingerprint density at radius 1 is 1.26 bits per heavy atom. The minimum atomic E-state index is -2.83. The summed E-state index contributed by atoms with van der Waals surface area (Å²) in [7, 11) is 0. The molecule has 23 heavy (non-hydrogen) atoms. The lowest BCUT2D eigenvalue weighted by molar-refractivity contribution is -0.0500. The van der Waals surface area contributed by atoms with Gasteiger partial charge in [-0.25, -0.2) is 0 Å². The van der Waals surface area contributed by atoms with E-state index in [9.17, 15) is 8.78 Å². The van der Waals surface area contributed by atoms with Gasteiger partial charge in [-0.15, -0.1) is 0 Å². The van der Waals surface area contributed by atoms with E-state index in [-0.39, 0.29) is 5.75 Å². The molecule has 0 amide bonds. The average Bonchev–Trinajstić information content (AvgIpc) is 2.99. The summed E-state index contributed by atoms with van der Waals surface area (Å²) < 4.78 is 36.1. The molecule has 3 nitrogen and oxygen atoms in total. The third-order valence-corrected chi connectivity index (χ3v) is 4.44. The van der Waals surface area contributed by atoms with Crippen LogP contribution in [0, 0.1) is 0 Å². The lowest BCUT2D eigenvalue weighted by atomic mass is 10.1. The van der Waals surface area contributed by atoms with Gasteiger partial charge in [0.25, 0.3) is 0 Å². The quantitative estimate of drug-likeness (QED) is 0.764. The molecule has 1 saturated heterocycles. The Labute approximate surface area is 142 Å². The fourth-order valence-electron chi connectivity index (χ4n) is 2.93. The van der Waals surface area contributed by atoms with Gasteiger partial charge >= 0.3 is 6.61 Å². The second kappa shape index (κ2) is 7.45. The number of alkyl halides is 2. The van der Waals surface area contributed by atoms with E-state index in [0.717, 1.165) is 49.2 Å². The largest absolute Gasteiger partial charge is 0.434 e. The highest BCUT2D eigenvalue weighted by Crippen LogP contribution is 2.33. The normalized spacial score (nSPS) is 20.3. The number of nitrogens with zero attached hydrogens (tertiary/aromatic N) is 1. The van der Waals surface area contributed by atoms with Gasteiger partial charge in [-0.3, -0.25) is 0 Å². The fraction of sp³-hybridized carbons (Fsp3) is 0.412. The number of hydrogen-bond donors (Lipinski definition) is 0. The second-order valence-electron chi connectivity index (χ2n) is 5.46. The van der Waals surface area contributed by atoms with Crippen molar-refractivity contribution in [3.05, 3.63) is 45.6 Å². The number of ether oxygens (including phenoxy) is 2. The van der Waals surface area contributed by atoms with Crippen molar-refractivity contribution in [3.63, 3.8) is 0 Å². The number of rotatable bonds is 4. The van der Waals surface area contributed by atoms with Crippen LogP contribution in [0.15, 0.2) is 40.0 Å². The molecule has 1 heterocycles. The molecule has 1 aliphatic carbocycles. The van der Waals surface area contributed by atoms with Crippen LogP contribution >= 0.6 is 15.9 Å². The van der Waals surface area contributed by atoms with Gasteiger partial charge in [-0.1, -0.05) is 22.0 Å². The van der Waals surface area contributed by atoms with E-state index in [1.807, 2.05) is 6.08 Å². The van der Waals surface area contributed by atoms with Crippen LogP contribution in [0.1, 0.15) is 18.4 Å². The number of hydrogen-bond acceptors (Lipinski definition) is 3. The molecule has 0 atom stereocenters. The first-order valence-corrected chi connectivity index (χ1v) is 8.41. The lowest BCUT2D eigenvalue weighted by Gasteiger charge is -2.30. The van der Waals surface area contributed by atoms with Crippen molar-refractivity contribution in [2.45, 2.75) is 19.5 Å². The Morgan fingerprint density at radius 3 is 2.78 bits per heavy atom. The Morgan fingerprint density at radius 2 is 2.04 bits per heavy atom. The van der Waals surface area contributed by atoms with Crippen LogP contribution in [-0.4, -0.2) is 37.8 Å². The number of allylic oxidation sites excluding steroid dienone is 2. The molecule has 0 radical (unpaired) electrons. The van der Waals surface area contributed by atoms with Crippen LogP contribution in [0.4, 0.5) is 8.78 Å². The van der Waals surface area contributed by atoms with Crippen LogP contribution in [0.2, 0.25) is 0 Å². The van der Waals surface area contributed by atoms with Crippen molar-refractivity contribution in [2.75, 3.05) is 26.3 Å². The van der Waals surface area contributed by atoms with Crippen LogP contribution in [0.25, 0.3) is 6.08 Å². The first kappa shape index (κ1) is 16.5. The summed E-state index contributed by atoms with van der Waals surface area (Å²) in [4.78, 5) is 2.30. The fourth-order valence-corrected chi connectivity index (χ4v) is 3.31. The summed E-state index contributed by atoms with van der Waals surface area (Å²) >= 11 is 3.39. The van der Waals surface area contributed by atoms with E-state index in [4.69, 9.17) is 4.74 Å².